The Labute approximate surface area is 124 Å². The molecule has 0 saturated heterocycles. The van der Waals surface area contributed by atoms with Crippen molar-refractivity contribution < 1.29 is 12.8 Å². The summed E-state index contributed by atoms with van der Waals surface area (Å²) in [6.45, 7) is 0. The molecule has 8 heteroatoms. The summed E-state index contributed by atoms with van der Waals surface area (Å²) in [5, 5.41) is 7.93. The van der Waals surface area contributed by atoms with Gasteiger partial charge in [-0.15, -0.1) is 0 Å². The maximum absolute atomic E-state index is 13.4. The highest BCUT2D eigenvalue weighted by atomic mass is 79.9. The first-order valence-electron chi connectivity index (χ1n) is 5.42. The minimum absolute atomic E-state index is 0.0232. The predicted molar refractivity (Wildman–Crippen MR) is 79.6 cm³/mol. The van der Waals surface area contributed by atoms with Crippen molar-refractivity contribution in [2.24, 2.45) is 5.14 Å². The molecule has 20 heavy (non-hydrogen) atoms. The Kier molecular flexibility index (Phi) is 3.98. The molecule has 106 valence electrons. The summed E-state index contributed by atoms with van der Waals surface area (Å²) in [7, 11) is -3.85. The molecule has 5 nitrogen and oxygen atoms in total. The third-order valence-corrected chi connectivity index (χ3v) is 4.15. The summed E-state index contributed by atoms with van der Waals surface area (Å²) in [5.74, 6) is -0.413. The second-order valence-electron chi connectivity index (χ2n) is 4.05. The SMILES string of the molecule is Nc1cc(Nc2ccc(Br)c(F)c2)ccc1S(N)(=O)=O. The zero-order valence-electron chi connectivity index (χ0n) is 10.1. The molecule has 0 fully saturated rings. The van der Waals surface area contributed by atoms with Crippen molar-refractivity contribution in [2.45, 2.75) is 4.90 Å². The molecule has 2 aromatic carbocycles. The van der Waals surface area contributed by atoms with Gasteiger partial charge >= 0.3 is 0 Å². The van der Waals surface area contributed by atoms with Crippen LogP contribution in [-0.4, -0.2) is 8.42 Å². The Hall–Kier alpha value is -1.64. The number of benzene rings is 2. The number of nitrogen functional groups attached to an aromatic ring is 1. The van der Waals surface area contributed by atoms with Crippen molar-refractivity contribution >= 4 is 43.0 Å². The van der Waals surface area contributed by atoms with Crippen molar-refractivity contribution in [2.75, 3.05) is 11.1 Å². The molecule has 0 bridgehead atoms. The summed E-state index contributed by atoms with van der Waals surface area (Å²) in [6.07, 6.45) is 0. The van der Waals surface area contributed by atoms with E-state index in [1.165, 1.54) is 24.3 Å². The smallest absolute Gasteiger partial charge is 0.240 e. The van der Waals surface area contributed by atoms with Crippen molar-refractivity contribution in [3.05, 3.63) is 46.7 Å². The molecule has 0 amide bonds. The summed E-state index contributed by atoms with van der Waals surface area (Å²) in [5.41, 5.74) is 6.69. The van der Waals surface area contributed by atoms with Gasteiger partial charge in [-0.05, 0) is 52.3 Å². The van der Waals surface area contributed by atoms with Crippen molar-refractivity contribution in [3.8, 4) is 0 Å². The highest BCUT2D eigenvalue weighted by molar-refractivity contribution is 9.10. The summed E-state index contributed by atoms with van der Waals surface area (Å²) in [6, 6.07) is 8.72. The van der Waals surface area contributed by atoms with Crippen LogP contribution in [-0.2, 0) is 10.0 Å². The molecule has 0 radical (unpaired) electrons. The molecule has 2 rings (SSSR count). The van der Waals surface area contributed by atoms with Crippen LogP contribution >= 0.6 is 15.9 Å². The van der Waals surface area contributed by atoms with E-state index in [1.807, 2.05) is 0 Å². The van der Waals surface area contributed by atoms with Gasteiger partial charge in [-0.1, -0.05) is 0 Å². The molecule has 0 unspecified atom stereocenters. The van der Waals surface area contributed by atoms with Crippen molar-refractivity contribution in [1.29, 1.82) is 0 Å². The fraction of sp³-hybridized carbons (Fsp3) is 0. The van der Waals surface area contributed by atoms with Crippen LogP contribution in [0.1, 0.15) is 0 Å². The monoisotopic (exact) mass is 359 g/mol. The second kappa shape index (κ2) is 5.39. The molecule has 0 aliphatic heterocycles. The van der Waals surface area contributed by atoms with Crippen LogP contribution in [0.3, 0.4) is 0 Å². The van der Waals surface area contributed by atoms with Gasteiger partial charge in [0.2, 0.25) is 10.0 Å². The van der Waals surface area contributed by atoms with Crippen molar-refractivity contribution in [1.82, 2.24) is 0 Å². The molecule has 0 atom stereocenters. The van der Waals surface area contributed by atoms with Crippen LogP contribution in [0.25, 0.3) is 0 Å². The maximum atomic E-state index is 13.4. The average molecular weight is 360 g/mol. The molecular formula is C12H11BrFN3O2S. The molecular weight excluding hydrogens is 349 g/mol. The van der Waals surface area contributed by atoms with E-state index < -0.39 is 15.8 Å². The molecule has 0 heterocycles. The minimum Gasteiger partial charge on any atom is -0.398 e. The summed E-state index contributed by atoms with van der Waals surface area (Å²) >= 11 is 3.05. The molecule has 0 aliphatic carbocycles. The Morgan fingerprint density at radius 3 is 2.25 bits per heavy atom. The third-order valence-electron chi connectivity index (χ3n) is 2.52. The normalized spacial score (nSPS) is 11.3. The molecule has 0 spiro atoms. The van der Waals surface area contributed by atoms with Gasteiger partial charge < -0.3 is 11.1 Å². The first kappa shape index (κ1) is 14.8. The number of hydrogen-bond acceptors (Lipinski definition) is 4. The van der Waals surface area contributed by atoms with E-state index in [9.17, 15) is 12.8 Å². The van der Waals surface area contributed by atoms with E-state index in [2.05, 4.69) is 21.2 Å². The first-order valence-corrected chi connectivity index (χ1v) is 7.76. The lowest BCUT2D eigenvalue weighted by Gasteiger charge is -2.10. The topological polar surface area (TPSA) is 98.2 Å². The Bertz CT molecular complexity index is 765. The minimum atomic E-state index is -3.85. The van der Waals surface area contributed by atoms with Gasteiger partial charge in [-0.3, -0.25) is 0 Å². The van der Waals surface area contributed by atoms with Crippen LogP contribution < -0.4 is 16.2 Å². The second-order valence-corrected chi connectivity index (χ2v) is 6.44. The van der Waals surface area contributed by atoms with E-state index in [-0.39, 0.29) is 10.6 Å². The van der Waals surface area contributed by atoms with E-state index >= 15 is 0 Å². The number of primary sulfonamides is 1. The van der Waals surface area contributed by atoms with E-state index in [0.29, 0.717) is 15.8 Å². The molecule has 5 N–H and O–H groups in total. The highest BCUT2D eigenvalue weighted by Gasteiger charge is 2.12. The summed E-state index contributed by atoms with van der Waals surface area (Å²) < 4.78 is 36.2. The lowest BCUT2D eigenvalue weighted by molar-refractivity contribution is 0.598. The number of sulfonamides is 1. The fourth-order valence-corrected chi connectivity index (χ4v) is 2.52. The number of nitrogens with one attached hydrogen (secondary N) is 1. The largest absolute Gasteiger partial charge is 0.398 e. The number of anilines is 3. The van der Waals surface area contributed by atoms with Crippen LogP contribution in [0.15, 0.2) is 45.8 Å². The number of rotatable bonds is 3. The molecule has 0 aromatic heterocycles. The van der Waals surface area contributed by atoms with Gasteiger partial charge in [0, 0.05) is 11.4 Å². The van der Waals surface area contributed by atoms with Gasteiger partial charge in [0.1, 0.15) is 10.7 Å². The molecule has 2 aromatic rings. The maximum Gasteiger partial charge on any atom is 0.240 e. The highest BCUT2D eigenvalue weighted by Crippen LogP contribution is 2.26. The quantitative estimate of drug-likeness (QED) is 0.733. The Morgan fingerprint density at radius 2 is 1.70 bits per heavy atom. The van der Waals surface area contributed by atoms with Gasteiger partial charge in [-0.25, -0.2) is 17.9 Å². The first-order chi connectivity index (χ1) is 9.27. The number of hydrogen-bond donors (Lipinski definition) is 3. The van der Waals surface area contributed by atoms with Crippen molar-refractivity contribution in [3.63, 3.8) is 0 Å². The number of halogens is 2. The van der Waals surface area contributed by atoms with Crippen LogP contribution in [0.5, 0.6) is 0 Å². The zero-order chi connectivity index (χ0) is 14.9. The van der Waals surface area contributed by atoms with Gasteiger partial charge in [0.05, 0.1) is 10.2 Å². The van der Waals surface area contributed by atoms with Gasteiger partial charge in [-0.2, -0.15) is 0 Å². The molecule has 0 saturated carbocycles. The summed E-state index contributed by atoms with van der Waals surface area (Å²) in [4.78, 5) is -0.148. The molecule has 0 aliphatic rings. The predicted octanol–water partition coefficient (Wildman–Crippen LogP) is 2.56. The van der Waals surface area contributed by atoms with Gasteiger partial charge in [0.25, 0.3) is 0 Å². The Morgan fingerprint density at radius 1 is 1.10 bits per heavy atom. The van der Waals surface area contributed by atoms with Gasteiger partial charge in [0.15, 0.2) is 0 Å². The van der Waals surface area contributed by atoms with E-state index in [4.69, 9.17) is 10.9 Å². The van der Waals surface area contributed by atoms with Crippen LogP contribution in [0, 0.1) is 5.82 Å². The fourth-order valence-electron chi connectivity index (χ4n) is 1.63. The lowest BCUT2D eigenvalue weighted by atomic mass is 10.2. The van der Waals surface area contributed by atoms with Crippen LogP contribution in [0.4, 0.5) is 21.5 Å². The third kappa shape index (κ3) is 3.27. The Balaban J connectivity index is 2.31. The standard InChI is InChI=1S/C12H11BrFN3O2S/c13-9-3-1-7(5-10(9)14)17-8-2-4-12(11(15)6-8)20(16,18)19/h1-6,17H,15H2,(H2,16,18,19). The lowest BCUT2D eigenvalue weighted by Crippen LogP contribution is -2.14. The average Bonchev–Trinajstić information content (AvgIpc) is 2.32. The zero-order valence-corrected chi connectivity index (χ0v) is 12.5. The van der Waals surface area contributed by atoms with E-state index in [0.717, 1.165) is 0 Å². The van der Waals surface area contributed by atoms with E-state index in [1.54, 1.807) is 12.1 Å². The van der Waals surface area contributed by atoms with Crippen LogP contribution in [0.2, 0.25) is 0 Å². The number of nitrogens with two attached hydrogens (primary N) is 2.